The maximum absolute atomic E-state index is 14.4. The minimum absolute atomic E-state index is 0.0480. The molecule has 0 bridgehead atoms. The van der Waals surface area contributed by atoms with Gasteiger partial charge in [-0.05, 0) is 42.8 Å². The largest absolute Gasteiger partial charge is 0.573 e. The number of nitrogens with zero attached hydrogens (tertiary/aromatic N) is 2. The quantitative estimate of drug-likeness (QED) is 0.152. The van der Waals surface area contributed by atoms with Crippen LogP contribution < -0.4 is 38.6 Å². The van der Waals surface area contributed by atoms with Crippen molar-refractivity contribution in [3.63, 3.8) is 0 Å². The molecule has 2 heterocycles. The van der Waals surface area contributed by atoms with Crippen LogP contribution in [0.3, 0.4) is 0 Å². The Morgan fingerprint density at radius 3 is 1.92 bits per heavy atom. The molecular weight excluding hydrogens is 713 g/mol. The maximum atomic E-state index is 14.4. The van der Waals surface area contributed by atoms with Gasteiger partial charge in [-0.15, -0.1) is 13.2 Å². The molecule has 17 heteroatoms. The average Bonchev–Trinajstić information content (AvgIpc) is 3.13. The number of sulfonamides is 1. The zero-order valence-corrected chi connectivity index (χ0v) is 30.2. The van der Waals surface area contributed by atoms with E-state index in [4.69, 9.17) is 32.8 Å². The molecule has 1 fully saturated rings. The van der Waals surface area contributed by atoms with Crippen LogP contribution in [0.1, 0.15) is 19.8 Å². The Kier molecular flexibility index (Phi) is 11.7. The third kappa shape index (κ3) is 7.95. The third-order valence-corrected chi connectivity index (χ3v) is 10.4. The lowest BCUT2D eigenvalue weighted by molar-refractivity contribution is -0.274. The normalized spacial score (nSPS) is 14.9. The Labute approximate surface area is 298 Å². The van der Waals surface area contributed by atoms with Gasteiger partial charge in [0, 0.05) is 43.9 Å². The van der Waals surface area contributed by atoms with Crippen LogP contribution in [0.15, 0.2) is 62.6 Å². The highest BCUT2D eigenvalue weighted by Crippen LogP contribution is 2.44. The molecule has 0 aliphatic carbocycles. The highest BCUT2D eigenvalue weighted by atomic mass is 32.2. The average molecular weight is 753 g/mol. The molecule has 1 aromatic heterocycles. The van der Waals surface area contributed by atoms with Gasteiger partial charge >= 0.3 is 6.36 Å². The summed E-state index contributed by atoms with van der Waals surface area (Å²) in [4.78, 5) is 16.2. The Bertz CT molecular complexity index is 2020. The first-order chi connectivity index (χ1) is 24.8. The number of fused-ring (bicyclic) bond motifs is 1. The summed E-state index contributed by atoms with van der Waals surface area (Å²) in [5.74, 6) is 0.929. The molecule has 0 radical (unpaired) electrons. The van der Waals surface area contributed by atoms with E-state index in [0.717, 1.165) is 24.3 Å². The summed E-state index contributed by atoms with van der Waals surface area (Å²) in [7, 11) is 3.23. The number of ether oxygens (including phenoxy) is 7. The molecule has 282 valence electrons. The highest BCUT2D eigenvalue weighted by Gasteiger charge is 2.35. The van der Waals surface area contributed by atoms with Crippen LogP contribution in [0.4, 0.5) is 13.2 Å². The second kappa shape index (κ2) is 15.8. The first kappa shape index (κ1) is 38.4. The molecule has 1 unspecified atom stereocenters. The van der Waals surface area contributed by atoms with Crippen molar-refractivity contribution < 1.29 is 59.2 Å². The molecule has 0 saturated carbocycles. The van der Waals surface area contributed by atoms with E-state index in [-0.39, 0.29) is 59.3 Å². The summed E-state index contributed by atoms with van der Waals surface area (Å²) in [5.41, 5.74) is 0.0223. The summed E-state index contributed by atoms with van der Waals surface area (Å²) in [6.07, 6.45) is -4.50. The molecule has 5 rings (SSSR count). The van der Waals surface area contributed by atoms with Crippen molar-refractivity contribution in [2.75, 3.05) is 61.7 Å². The van der Waals surface area contributed by atoms with Gasteiger partial charge < -0.3 is 37.6 Å². The van der Waals surface area contributed by atoms with Crippen molar-refractivity contribution in [3.8, 4) is 51.6 Å². The van der Waals surface area contributed by atoms with E-state index in [0.29, 0.717) is 41.4 Å². The lowest BCUT2D eigenvalue weighted by atomic mass is 10.1. The Balaban J connectivity index is 1.51. The molecule has 3 aromatic carbocycles. The van der Waals surface area contributed by atoms with Crippen LogP contribution in [0.2, 0.25) is 0 Å². The standard InChI is InChI=1S/C35H39F3N2O11S/c1-7-8-29(39-13-15-40(16-14-39)52(42,43)24-11-9-22(10-12-24)51-35(36,37)38)50-34-31(41)30-25(45-3)19-23(44-2)20-26(30)49-32(34)21-17-27(46-4)33(48-6)28(18-21)47-5/h9-12,17-20,29H,7-8,13-16H2,1-6H3. The SMILES string of the molecule is CCCC(Oc1c(-c2cc(OC)c(OC)c(OC)c2)oc2cc(OC)cc(OC)c2c1=O)N1CCN(S(=O)(=O)c2ccc(OC(F)(F)F)cc2)CC1. The number of alkyl halides is 3. The molecule has 13 nitrogen and oxygen atoms in total. The van der Waals surface area contributed by atoms with Gasteiger partial charge in [-0.25, -0.2) is 8.42 Å². The van der Waals surface area contributed by atoms with E-state index in [1.165, 1.54) is 39.9 Å². The molecule has 0 N–H and O–H groups in total. The number of benzene rings is 3. The number of rotatable bonds is 14. The topological polar surface area (TPSA) is 135 Å². The van der Waals surface area contributed by atoms with Gasteiger partial charge in [-0.2, -0.15) is 4.31 Å². The predicted octanol–water partition coefficient (Wildman–Crippen LogP) is 5.91. The van der Waals surface area contributed by atoms with Crippen molar-refractivity contribution in [3.05, 3.63) is 58.8 Å². The summed E-state index contributed by atoms with van der Waals surface area (Å²) in [6.45, 7) is 2.48. The van der Waals surface area contributed by atoms with Gasteiger partial charge in [0.1, 0.15) is 28.2 Å². The second-order valence-electron chi connectivity index (χ2n) is 11.5. The van der Waals surface area contributed by atoms with Crippen molar-refractivity contribution in [1.29, 1.82) is 0 Å². The van der Waals surface area contributed by atoms with E-state index < -0.39 is 33.8 Å². The fourth-order valence-corrected chi connectivity index (χ4v) is 7.35. The molecule has 1 aliphatic rings. The number of methoxy groups -OCH3 is 5. The van der Waals surface area contributed by atoms with Crippen LogP contribution in [-0.2, 0) is 10.0 Å². The van der Waals surface area contributed by atoms with Gasteiger partial charge in [-0.1, -0.05) is 13.3 Å². The fourth-order valence-electron chi connectivity index (χ4n) is 5.92. The van der Waals surface area contributed by atoms with Crippen molar-refractivity contribution in [1.82, 2.24) is 9.21 Å². The molecule has 0 amide bonds. The third-order valence-electron chi connectivity index (χ3n) is 8.44. The van der Waals surface area contributed by atoms with Crippen molar-refractivity contribution in [2.45, 2.75) is 37.3 Å². The van der Waals surface area contributed by atoms with Gasteiger partial charge in [0.05, 0.1) is 40.4 Å². The van der Waals surface area contributed by atoms with Crippen molar-refractivity contribution in [2.24, 2.45) is 0 Å². The van der Waals surface area contributed by atoms with Crippen LogP contribution >= 0.6 is 0 Å². The molecule has 1 saturated heterocycles. The number of hydrogen-bond acceptors (Lipinski definition) is 12. The summed E-state index contributed by atoms with van der Waals surface area (Å²) < 4.78 is 110. The van der Waals surface area contributed by atoms with E-state index >= 15 is 0 Å². The first-order valence-electron chi connectivity index (χ1n) is 16.1. The van der Waals surface area contributed by atoms with Gasteiger partial charge in [-0.3, -0.25) is 9.69 Å². The second-order valence-corrected chi connectivity index (χ2v) is 13.5. The van der Waals surface area contributed by atoms with E-state index in [2.05, 4.69) is 4.74 Å². The van der Waals surface area contributed by atoms with Crippen LogP contribution in [0, 0.1) is 0 Å². The monoisotopic (exact) mass is 752 g/mol. The van der Waals surface area contributed by atoms with Crippen molar-refractivity contribution >= 4 is 21.0 Å². The Morgan fingerprint density at radius 2 is 1.40 bits per heavy atom. The summed E-state index contributed by atoms with van der Waals surface area (Å²) >= 11 is 0. The van der Waals surface area contributed by atoms with E-state index in [9.17, 15) is 26.4 Å². The fraction of sp³-hybridized carbons (Fsp3) is 0.400. The van der Waals surface area contributed by atoms with Crippen LogP contribution in [0.25, 0.3) is 22.3 Å². The van der Waals surface area contributed by atoms with Gasteiger partial charge in [0.15, 0.2) is 23.5 Å². The Morgan fingerprint density at radius 1 is 0.788 bits per heavy atom. The molecule has 52 heavy (non-hydrogen) atoms. The Hall–Kier alpha value is -4.87. The molecule has 4 aromatic rings. The lowest BCUT2D eigenvalue weighted by Crippen LogP contribution is -2.53. The summed E-state index contributed by atoms with van der Waals surface area (Å²) in [6, 6.07) is 10.4. The number of halogens is 3. The molecular formula is C35H39F3N2O11S. The van der Waals surface area contributed by atoms with Crippen LogP contribution in [-0.4, -0.2) is 91.9 Å². The predicted molar refractivity (Wildman–Crippen MR) is 183 cm³/mol. The minimum Gasteiger partial charge on any atom is -0.496 e. The number of hydrogen-bond donors (Lipinski definition) is 0. The maximum Gasteiger partial charge on any atom is 0.573 e. The first-order valence-corrected chi connectivity index (χ1v) is 17.5. The van der Waals surface area contributed by atoms with Gasteiger partial charge in [0.25, 0.3) is 0 Å². The van der Waals surface area contributed by atoms with Crippen LogP contribution in [0.5, 0.6) is 40.2 Å². The zero-order valence-electron chi connectivity index (χ0n) is 29.4. The number of piperazine rings is 1. The van der Waals surface area contributed by atoms with Gasteiger partial charge in [0.2, 0.25) is 27.0 Å². The van der Waals surface area contributed by atoms with E-state index in [1.807, 2.05) is 11.8 Å². The molecule has 0 spiro atoms. The molecule has 1 atom stereocenters. The lowest BCUT2D eigenvalue weighted by Gasteiger charge is -2.38. The molecule has 1 aliphatic heterocycles. The van der Waals surface area contributed by atoms with E-state index in [1.54, 1.807) is 24.3 Å². The minimum atomic E-state index is -4.91. The highest BCUT2D eigenvalue weighted by molar-refractivity contribution is 7.89. The smallest absolute Gasteiger partial charge is 0.496 e. The summed E-state index contributed by atoms with van der Waals surface area (Å²) in [5, 5.41) is 0.118. The zero-order chi connectivity index (χ0) is 37.8.